The fraction of sp³-hybridized carbons (Fsp3) is 0.400. The van der Waals surface area contributed by atoms with Crippen molar-refractivity contribution < 1.29 is 19.1 Å². The third kappa shape index (κ3) is 7.78. The normalized spacial score (nSPS) is 10.7. The first-order chi connectivity index (χ1) is 10.2. The Morgan fingerprint density at radius 2 is 1.73 bits per heavy atom. The molecule has 0 saturated carbocycles. The second-order valence-corrected chi connectivity index (χ2v) is 6.63. The van der Waals surface area contributed by atoms with Crippen molar-refractivity contribution in [3.8, 4) is 0 Å². The molecule has 0 unspecified atom stereocenters. The highest BCUT2D eigenvalue weighted by Gasteiger charge is 2.16. The predicted molar refractivity (Wildman–Crippen MR) is 85.2 cm³/mol. The highest BCUT2D eigenvalue weighted by molar-refractivity contribution is 9.10. The first-order valence-electron chi connectivity index (χ1n) is 6.68. The summed E-state index contributed by atoms with van der Waals surface area (Å²) in [6.07, 6.45) is 0.0642. The minimum atomic E-state index is -0.675. The first-order valence-corrected chi connectivity index (χ1v) is 7.47. The van der Waals surface area contributed by atoms with Crippen LogP contribution in [0.1, 0.15) is 26.3 Å². The number of halogens is 1. The number of carbonyl (C=O) groups is 3. The van der Waals surface area contributed by atoms with Crippen molar-refractivity contribution in [2.24, 2.45) is 0 Å². The maximum atomic E-state index is 11.6. The van der Waals surface area contributed by atoms with Gasteiger partial charge in [-0.05, 0) is 38.5 Å². The molecule has 0 aromatic heterocycles. The Hall–Kier alpha value is -1.89. The van der Waals surface area contributed by atoms with Gasteiger partial charge >= 0.3 is 12.0 Å². The maximum Gasteiger partial charge on any atom is 0.321 e. The average molecular weight is 371 g/mol. The Morgan fingerprint density at radius 3 is 2.27 bits per heavy atom. The van der Waals surface area contributed by atoms with Crippen LogP contribution in [0.2, 0.25) is 0 Å². The van der Waals surface area contributed by atoms with Gasteiger partial charge in [0.2, 0.25) is 0 Å². The number of rotatable bonds is 4. The van der Waals surface area contributed by atoms with Crippen molar-refractivity contribution >= 4 is 33.8 Å². The number of ether oxygens (including phenoxy) is 1. The van der Waals surface area contributed by atoms with Crippen LogP contribution in [0, 0.1) is 0 Å². The lowest BCUT2D eigenvalue weighted by Crippen LogP contribution is -2.49. The third-order valence-electron chi connectivity index (χ3n) is 2.37. The number of urea groups is 1. The molecule has 0 spiro atoms. The van der Waals surface area contributed by atoms with Crippen LogP contribution >= 0.6 is 15.9 Å². The smallest absolute Gasteiger partial charge is 0.321 e. The van der Waals surface area contributed by atoms with E-state index in [1.807, 2.05) is 12.1 Å². The molecule has 2 N–H and O–H groups in total. The van der Waals surface area contributed by atoms with Crippen LogP contribution in [0.15, 0.2) is 28.7 Å². The zero-order valence-corrected chi connectivity index (χ0v) is 14.3. The van der Waals surface area contributed by atoms with Gasteiger partial charge in [0.25, 0.3) is 5.91 Å². The highest BCUT2D eigenvalue weighted by Crippen LogP contribution is 2.11. The van der Waals surface area contributed by atoms with E-state index >= 15 is 0 Å². The van der Waals surface area contributed by atoms with Gasteiger partial charge in [0.1, 0.15) is 0 Å². The van der Waals surface area contributed by atoms with E-state index in [1.54, 1.807) is 32.9 Å². The standard InChI is InChI=1S/C15H19BrN2O4/c1-15(2,3)18-14(21)17-12(19)9-22-13(20)8-10-4-6-11(16)7-5-10/h4-7H,8-9H2,1-3H3,(H2,17,18,19,21). The highest BCUT2D eigenvalue weighted by atomic mass is 79.9. The summed E-state index contributed by atoms with van der Waals surface area (Å²) in [7, 11) is 0. The largest absolute Gasteiger partial charge is 0.455 e. The van der Waals surface area contributed by atoms with Crippen molar-refractivity contribution in [1.29, 1.82) is 0 Å². The molecule has 0 aliphatic carbocycles. The lowest BCUT2D eigenvalue weighted by atomic mass is 10.1. The van der Waals surface area contributed by atoms with E-state index < -0.39 is 30.1 Å². The Kier molecular flexibility index (Phi) is 6.55. The first kappa shape index (κ1) is 18.2. The van der Waals surface area contributed by atoms with Gasteiger partial charge in [-0.25, -0.2) is 4.79 Å². The summed E-state index contributed by atoms with van der Waals surface area (Å²) in [6, 6.07) is 6.56. The van der Waals surface area contributed by atoms with Crippen molar-refractivity contribution in [2.75, 3.05) is 6.61 Å². The number of esters is 1. The molecule has 0 aliphatic rings. The molecule has 1 rings (SSSR count). The Bertz CT molecular complexity index is 550. The Morgan fingerprint density at radius 1 is 1.14 bits per heavy atom. The van der Waals surface area contributed by atoms with E-state index in [-0.39, 0.29) is 6.42 Å². The summed E-state index contributed by atoms with van der Waals surface area (Å²) < 4.78 is 5.74. The topological polar surface area (TPSA) is 84.5 Å². The van der Waals surface area contributed by atoms with E-state index in [9.17, 15) is 14.4 Å². The molecular formula is C15H19BrN2O4. The second-order valence-electron chi connectivity index (χ2n) is 5.72. The number of benzene rings is 1. The minimum Gasteiger partial charge on any atom is -0.455 e. The van der Waals surface area contributed by atoms with Crippen LogP contribution in [0.5, 0.6) is 0 Å². The zero-order valence-electron chi connectivity index (χ0n) is 12.7. The lowest BCUT2D eigenvalue weighted by Gasteiger charge is -2.20. The van der Waals surface area contributed by atoms with Gasteiger partial charge in [-0.15, -0.1) is 0 Å². The second kappa shape index (κ2) is 7.93. The maximum absolute atomic E-state index is 11.6. The molecular weight excluding hydrogens is 352 g/mol. The monoisotopic (exact) mass is 370 g/mol. The van der Waals surface area contributed by atoms with E-state index in [0.717, 1.165) is 10.0 Å². The SMILES string of the molecule is CC(C)(C)NC(=O)NC(=O)COC(=O)Cc1ccc(Br)cc1. The van der Waals surface area contributed by atoms with Gasteiger partial charge < -0.3 is 10.1 Å². The van der Waals surface area contributed by atoms with Gasteiger partial charge in [-0.1, -0.05) is 28.1 Å². The Labute approximate surface area is 137 Å². The zero-order chi connectivity index (χ0) is 16.8. The van der Waals surface area contributed by atoms with Crippen molar-refractivity contribution in [2.45, 2.75) is 32.7 Å². The van der Waals surface area contributed by atoms with Gasteiger partial charge in [-0.3, -0.25) is 14.9 Å². The van der Waals surface area contributed by atoms with Crippen LogP contribution in [0.3, 0.4) is 0 Å². The lowest BCUT2D eigenvalue weighted by molar-refractivity contribution is -0.147. The molecule has 0 fully saturated rings. The van der Waals surface area contributed by atoms with Gasteiger partial charge in [0.05, 0.1) is 6.42 Å². The van der Waals surface area contributed by atoms with E-state index in [1.165, 1.54) is 0 Å². The fourth-order valence-electron chi connectivity index (χ4n) is 1.50. The van der Waals surface area contributed by atoms with Crippen LogP contribution in [0.4, 0.5) is 4.79 Å². The van der Waals surface area contributed by atoms with Crippen molar-refractivity contribution in [3.63, 3.8) is 0 Å². The molecule has 1 aromatic carbocycles. The summed E-state index contributed by atoms with van der Waals surface area (Å²) in [4.78, 5) is 34.5. The van der Waals surface area contributed by atoms with Crippen molar-refractivity contribution in [3.05, 3.63) is 34.3 Å². The van der Waals surface area contributed by atoms with Crippen LogP contribution in [-0.2, 0) is 20.7 Å². The summed E-state index contributed by atoms with van der Waals surface area (Å²) >= 11 is 3.30. The number of carbonyl (C=O) groups excluding carboxylic acids is 3. The predicted octanol–water partition coefficient (Wildman–Crippen LogP) is 2.16. The molecule has 0 saturated heterocycles. The molecule has 0 bridgehead atoms. The third-order valence-corrected chi connectivity index (χ3v) is 2.90. The number of nitrogens with one attached hydrogen (secondary N) is 2. The summed E-state index contributed by atoms with van der Waals surface area (Å²) in [5, 5.41) is 4.66. The van der Waals surface area contributed by atoms with E-state index in [2.05, 4.69) is 26.6 Å². The molecule has 6 nitrogen and oxygen atoms in total. The minimum absolute atomic E-state index is 0.0642. The molecule has 0 atom stereocenters. The van der Waals surface area contributed by atoms with Crippen LogP contribution in [-0.4, -0.2) is 30.1 Å². The van der Waals surface area contributed by atoms with Gasteiger partial charge in [-0.2, -0.15) is 0 Å². The van der Waals surface area contributed by atoms with Crippen LogP contribution in [0.25, 0.3) is 0 Å². The van der Waals surface area contributed by atoms with Crippen LogP contribution < -0.4 is 10.6 Å². The number of imide groups is 1. The summed E-state index contributed by atoms with van der Waals surface area (Å²) in [6.45, 7) is 4.87. The molecule has 0 radical (unpaired) electrons. The summed E-state index contributed by atoms with van der Waals surface area (Å²) in [5.74, 6) is -1.21. The average Bonchev–Trinajstić information content (AvgIpc) is 2.37. The summed E-state index contributed by atoms with van der Waals surface area (Å²) in [5.41, 5.74) is 0.321. The molecule has 1 aromatic rings. The fourth-order valence-corrected chi connectivity index (χ4v) is 1.76. The number of amides is 3. The quantitative estimate of drug-likeness (QED) is 0.795. The van der Waals surface area contributed by atoms with E-state index in [4.69, 9.17) is 4.74 Å². The van der Waals surface area contributed by atoms with Gasteiger partial charge in [0, 0.05) is 10.0 Å². The molecule has 0 aliphatic heterocycles. The molecule has 3 amide bonds. The van der Waals surface area contributed by atoms with Gasteiger partial charge in [0.15, 0.2) is 6.61 Å². The van der Waals surface area contributed by atoms with E-state index in [0.29, 0.717) is 0 Å². The molecule has 120 valence electrons. The molecule has 7 heteroatoms. The molecule has 0 heterocycles. The van der Waals surface area contributed by atoms with Crippen molar-refractivity contribution in [1.82, 2.24) is 10.6 Å². The number of hydrogen-bond acceptors (Lipinski definition) is 4. The Balaban J connectivity index is 2.33. The number of hydrogen-bond donors (Lipinski definition) is 2. The molecule has 22 heavy (non-hydrogen) atoms.